The van der Waals surface area contributed by atoms with Crippen LogP contribution >= 0.6 is 0 Å². The van der Waals surface area contributed by atoms with Crippen LogP contribution in [0.5, 0.6) is 0 Å². The van der Waals surface area contributed by atoms with E-state index in [-0.39, 0.29) is 0 Å². The van der Waals surface area contributed by atoms with Crippen LogP contribution in [-0.2, 0) is 28.8 Å². The number of nitrogens with one attached hydrogen (secondary N) is 3. The number of primary amides is 2. The summed E-state index contributed by atoms with van der Waals surface area (Å²) in [4.78, 5) is 67.8. The highest BCUT2D eigenvalue weighted by atomic mass is 16.4. The molecule has 0 aromatic rings. The lowest BCUT2D eigenvalue weighted by molar-refractivity contribution is -0.138. The van der Waals surface area contributed by atoms with Gasteiger partial charge in [-0.25, -0.2) is 0 Å². The number of aliphatic carboxylic acids is 1. The summed E-state index contributed by atoms with van der Waals surface area (Å²) in [6.07, 6.45) is -1.01. The van der Waals surface area contributed by atoms with Gasteiger partial charge in [-0.05, 0) is 6.92 Å². The Labute approximate surface area is 148 Å². The van der Waals surface area contributed by atoms with E-state index < -0.39 is 73.0 Å². The normalized spacial score (nSPS) is 13.6. The molecule has 5 amide bonds. The summed E-state index contributed by atoms with van der Waals surface area (Å²) in [5.41, 5.74) is 15.3. The molecule has 26 heavy (non-hydrogen) atoms. The van der Waals surface area contributed by atoms with Gasteiger partial charge in [0.05, 0.1) is 18.9 Å². The second kappa shape index (κ2) is 10.6. The zero-order valence-corrected chi connectivity index (χ0v) is 14.0. The molecular weight excluding hydrogens is 352 g/mol. The maximum Gasteiger partial charge on any atom is 0.322 e. The lowest BCUT2D eigenvalue weighted by Crippen LogP contribution is -2.56. The van der Waals surface area contributed by atoms with E-state index in [4.69, 9.17) is 22.3 Å². The molecule has 0 saturated heterocycles. The van der Waals surface area contributed by atoms with Gasteiger partial charge in [0.2, 0.25) is 29.5 Å². The van der Waals surface area contributed by atoms with E-state index in [1.165, 1.54) is 6.92 Å². The Balaban J connectivity index is 4.82. The van der Waals surface area contributed by atoms with Crippen molar-refractivity contribution in [1.29, 1.82) is 0 Å². The summed E-state index contributed by atoms with van der Waals surface area (Å²) in [7, 11) is 0. The van der Waals surface area contributed by atoms with Crippen molar-refractivity contribution in [3.05, 3.63) is 0 Å². The highest BCUT2D eigenvalue weighted by Crippen LogP contribution is 1.96. The van der Waals surface area contributed by atoms with Crippen molar-refractivity contribution in [1.82, 2.24) is 16.0 Å². The molecule has 0 fully saturated rings. The number of rotatable bonds is 11. The van der Waals surface area contributed by atoms with Crippen LogP contribution in [0, 0.1) is 0 Å². The predicted octanol–water partition coefficient (Wildman–Crippen LogP) is -4.75. The molecule has 146 valence electrons. The van der Waals surface area contributed by atoms with E-state index in [9.17, 15) is 28.8 Å². The number of carbonyl (C=O) groups is 6. The molecule has 3 unspecified atom stereocenters. The maximum atomic E-state index is 12.1. The van der Waals surface area contributed by atoms with Gasteiger partial charge < -0.3 is 38.3 Å². The fraction of sp³-hybridized carbons (Fsp3) is 0.538. The molecule has 0 heterocycles. The van der Waals surface area contributed by atoms with Crippen molar-refractivity contribution in [2.75, 3.05) is 6.54 Å². The van der Waals surface area contributed by atoms with Crippen molar-refractivity contribution in [3.8, 4) is 0 Å². The third-order valence-electron chi connectivity index (χ3n) is 2.96. The van der Waals surface area contributed by atoms with Crippen molar-refractivity contribution < 1.29 is 33.9 Å². The molecule has 0 aliphatic heterocycles. The molecule has 0 aromatic heterocycles. The zero-order chi connectivity index (χ0) is 20.4. The van der Waals surface area contributed by atoms with E-state index in [1.54, 1.807) is 0 Å². The van der Waals surface area contributed by atoms with Crippen LogP contribution in [0.15, 0.2) is 0 Å². The average Bonchev–Trinajstić information content (AvgIpc) is 2.50. The minimum absolute atomic E-state index is 0.429. The minimum Gasteiger partial charge on any atom is -0.480 e. The van der Waals surface area contributed by atoms with Gasteiger partial charge in [-0.1, -0.05) is 0 Å². The Hall–Kier alpha value is -3.22. The third-order valence-corrected chi connectivity index (χ3v) is 2.96. The average molecular weight is 374 g/mol. The number of hydrogen-bond acceptors (Lipinski definition) is 7. The Morgan fingerprint density at radius 2 is 1.42 bits per heavy atom. The molecule has 0 aliphatic rings. The minimum atomic E-state index is -1.43. The second-order valence-electron chi connectivity index (χ2n) is 5.35. The van der Waals surface area contributed by atoms with Crippen LogP contribution in [0.25, 0.3) is 0 Å². The summed E-state index contributed by atoms with van der Waals surface area (Å²) in [5, 5.41) is 14.9. The predicted molar refractivity (Wildman–Crippen MR) is 85.8 cm³/mol. The molecule has 0 spiro atoms. The van der Waals surface area contributed by atoms with Crippen LogP contribution in [0.1, 0.15) is 19.8 Å². The van der Waals surface area contributed by atoms with Gasteiger partial charge >= 0.3 is 5.97 Å². The Morgan fingerprint density at radius 3 is 1.88 bits per heavy atom. The Kier molecular flexibility index (Phi) is 9.29. The van der Waals surface area contributed by atoms with Gasteiger partial charge in [-0.15, -0.1) is 0 Å². The van der Waals surface area contributed by atoms with Crippen LogP contribution in [-0.4, -0.2) is 65.3 Å². The first-order valence-corrected chi connectivity index (χ1v) is 7.36. The number of amides is 5. The van der Waals surface area contributed by atoms with Gasteiger partial charge in [-0.2, -0.15) is 0 Å². The Bertz CT molecular complexity index is 594. The van der Waals surface area contributed by atoms with Gasteiger partial charge in [0.1, 0.15) is 18.6 Å². The molecule has 0 rings (SSSR count). The first-order valence-electron chi connectivity index (χ1n) is 7.36. The lowest BCUT2D eigenvalue weighted by Gasteiger charge is -2.21. The highest BCUT2D eigenvalue weighted by Gasteiger charge is 2.27. The van der Waals surface area contributed by atoms with E-state index in [0.29, 0.717) is 0 Å². The fourth-order valence-electron chi connectivity index (χ4n) is 1.69. The quantitative estimate of drug-likeness (QED) is 0.185. The molecule has 13 heteroatoms. The number of nitrogens with two attached hydrogens (primary N) is 3. The molecule has 10 N–H and O–H groups in total. The smallest absolute Gasteiger partial charge is 0.322 e. The molecule has 3 atom stereocenters. The van der Waals surface area contributed by atoms with Gasteiger partial charge in [0.25, 0.3) is 0 Å². The molecule has 0 aromatic carbocycles. The summed E-state index contributed by atoms with van der Waals surface area (Å²) >= 11 is 0. The standard InChI is InChI=1S/C13H22N6O7/c1-5(18-12(25)6(14)2-8(15)20)11(24)19-7(3-9(16)21)13(26)17-4-10(22)23/h5-7H,2-4,14H2,1H3,(H2,15,20)(H2,16,21)(H,17,26)(H,18,25)(H,19,24)(H,22,23). The molecule has 0 bridgehead atoms. The molecule has 0 aliphatic carbocycles. The zero-order valence-electron chi connectivity index (χ0n) is 14.0. The molecule has 0 radical (unpaired) electrons. The summed E-state index contributed by atoms with van der Waals surface area (Å²) < 4.78 is 0. The van der Waals surface area contributed by atoms with E-state index in [2.05, 4.69) is 10.6 Å². The van der Waals surface area contributed by atoms with E-state index in [0.717, 1.165) is 0 Å². The number of carboxylic acids is 1. The first-order chi connectivity index (χ1) is 11.9. The summed E-state index contributed by atoms with van der Waals surface area (Å²) in [5.74, 6) is -5.67. The van der Waals surface area contributed by atoms with E-state index in [1.807, 2.05) is 5.32 Å². The Morgan fingerprint density at radius 1 is 0.885 bits per heavy atom. The van der Waals surface area contributed by atoms with E-state index >= 15 is 0 Å². The number of carbonyl (C=O) groups excluding carboxylic acids is 5. The topological polar surface area (TPSA) is 237 Å². The van der Waals surface area contributed by atoms with Gasteiger partial charge in [0.15, 0.2) is 0 Å². The number of hydrogen-bond donors (Lipinski definition) is 7. The van der Waals surface area contributed by atoms with Crippen molar-refractivity contribution in [2.24, 2.45) is 17.2 Å². The molecule has 0 saturated carbocycles. The fourth-order valence-corrected chi connectivity index (χ4v) is 1.69. The maximum absolute atomic E-state index is 12.1. The highest BCUT2D eigenvalue weighted by molar-refractivity contribution is 5.96. The van der Waals surface area contributed by atoms with Crippen LogP contribution in [0.4, 0.5) is 0 Å². The van der Waals surface area contributed by atoms with Gasteiger partial charge in [-0.3, -0.25) is 28.8 Å². The van der Waals surface area contributed by atoms with Crippen molar-refractivity contribution in [2.45, 2.75) is 37.9 Å². The summed E-state index contributed by atoms with van der Waals surface area (Å²) in [6, 6.07) is -3.87. The second-order valence-corrected chi connectivity index (χ2v) is 5.35. The SMILES string of the molecule is CC(NC(=O)C(N)CC(N)=O)C(=O)NC(CC(N)=O)C(=O)NCC(=O)O. The van der Waals surface area contributed by atoms with Crippen LogP contribution in [0.2, 0.25) is 0 Å². The van der Waals surface area contributed by atoms with Crippen LogP contribution < -0.4 is 33.2 Å². The van der Waals surface area contributed by atoms with Gasteiger partial charge in [0, 0.05) is 0 Å². The molecular formula is C13H22N6O7. The number of carboxylic acid groups (broad SMARTS) is 1. The monoisotopic (exact) mass is 374 g/mol. The summed E-state index contributed by atoms with van der Waals surface area (Å²) in [6.45, 7) is 0.541. The lowest BCUT2D eigenvalue weighted by atomic mass is 10.1. The van der Waals surface area contributed by atoms with Crippen molar-refractivity contribution >= 4 is 35.5 Å². The third kappa shape index (κ3) is 9.17. The van der Waals surface area contributed by atoms with Crippen molar-refractivity contribution in [3.63, 3.8) is 0 Å². The molecule has 13 nitrogen and oxygen atoms in total. The largest absolute Gasteiger partial charge is 0.480 e. The van der Waals surface area contributed by atoms with Crippen LogP contribution in [0.3, 0.4) is 0 Å². The first kappa shape index (κ1) is 22.8.